The highest BCUT2D eigenvalue weighted by Crippen LogP contribution is 2.30. The molecule has 6 rings (SSSR count). The molecule has 0 atom stereocenters. The molecular weight excluding hydrogens is 462 g/mol. The molecular formula is C31H23N3OS. The molecule has 0 spiro atoms. The van der Waals surface area contributed by atoms with Crippen molar-refractivity contribution in [1.82, 2.24) is 9.97 Å². The molecule has 6 aromatic rings. The molecule has 2 heterocycles. The number of carbonyl (C=O) groups is 1. The molecule has 4 aromatic carbocycles. The summed E-state index contributed by atoms with van der Waals surface area (Å²) >= 11 is 1.42. The number of thiazole rings is 1. The first kappa shape index (κ1) is 22.1. The normalized spacial score (nSPS) is 11.2. The number of amides is 1. The molecule has 36 heavy (non-hydrogen) atoms. The third kappa shape index (κ3) is 4.14. The molecule has 0 radical (unpaired) electrons. The second-order valence-electron chi connectivity index (χ2n) is 8.93. The number of para-hydroxylation sites is 1. The van der Waals surface area contributed by atoms with Crippen molar-refractivity contribution in [1.29, 1.82) is 0 Å². The number of benzene rings is 4. The number of aromatic nitrogens is 2. The van der Waals surface area contributed by atoms with Crippen molar-refractivity contribution in [3.63, 3.8) is 0 Å². The monoisotopic (exact) mass is 485 g/mol. The molecule has 0 aliphatic rings. The largest absolute Gasteiger partial charge is 0.298 e. The Labute approximate surface area is 213 Å². The number of aryl methyl sites for hydroxylation is 2. The van der Waals surface area contributed by atoms with Crippen LogP contribution < -0.4 is 5.32 Å². The van der Waals surface area contributed by atoms with E-state index in [1.54, 1.807) is 0 Å². The van der Waals surface area contributed by atoms with Crippen molar-refractivity contribution >= 4 is 44.1 Å². The molecule has 0 aliphatic heterocycles. The minimum absolute atomic E-state index is 0.196. The van der Waals surface area contributed by atoms with Gasteiger partial charge in [0.05, 0.1) is 22.5 Å². The van der Waals surface area contributed by atoms with Crippen molar-refractivity contribution in [2.24, 2.45) is 0 Å². The maximum atomic E-state index is 13.5. The van der Waals surface area contributed by atoms with E-state index in [2.05, 4.69) is 67.7 Å². The summed E-state index contributed by atoms with van der Waals surface area (Å²) in [6.07, 6.45) is 0. The molecule has 0 unspecified atom stereocenters. The standard InChI is InChI=1S/C31H23N3OS/c1-19-11-12-23(15-20(19)2)28-17-26(25-9-5-6-10-27(25)32-28)30(35)34-31-33-29(18-36-31)24-14-13-21-7-3-4-8-22(21)16-24/h3-18H,1-2H3,(H,33,34,35). The fourth-order valence-electron chi connectivity index (χ4n) is 4.39. The second-order valence-corrected chi connectivity index (χ2v) is 9.78. The predicted octanol–water partition coefficient (Wildman–Crippen LogP) is 8.05. The van der Waals surface area contributed by atoms with Gasteiger partial charge in [0.25, 0.3) is 5.91 Å². The van der Waals surface area contributed by atoms with Crippen molar-refractivity contribution in [2.45, 2.75) is 13.8 Å². The van der Waals surface area contributed by atoms with E-state index >= 15 is 0 Å². The molecule has 4 nitrogen and oxygen atoms in total. The van der Waals surface area contributed by atoms with E-state index in [-0.39, 0.29) is 5.91 Å². The van der Waals surface area contributed by atoms with Gasteiger partial charge in [0.15, 0.2) is 5.13 Å². The van der Waals surface area contributed by atoms with Gasteiger partial charge in [-0.2, -0.15) is 0 Å². The van der Waals surface area contributed by atoms with Crippen LogP contribution in [-0.2, 0) is 0 Å². The molecule has 0 aliphatic carbocycles. The van der Waals surface area contributed by atoms with Crippen LogP contribution in [0.2, 0.25) is 0 Å². The number of nitrogens with one attached hydrogen (secondary N) is 1. The van der Waals surface area contributed by atoms with Gasteiger partial charge in [-0.3, -0.25) is 10.1 Å². The van der Waals surface area contributed by atoms with E-state index in [0.717, 1.165) is 38.8 Å². The average molecular weight is 486 g/mol. The summed E-state index contributed by atoms with van der Waals surface area (Å²) in [5.41, 5.74) is 7.42. The molecule has 0 saturated heterocycles. The van der Waals surface area contributed by atoms with Gasteiger partial charge in [0.2, 0.25) is 0 Å². The van der Waals surface area contributed by atoms with Crippen LogP contribution in [0.4, 0.5) is 5.13 Å². The first-order valence-corrected chi connectivity index (χ1v) is 12.7. The SMILES string of the molecule is Cc1ccc(-c2cc(C(=O)Nc3nc(-c4ccc5ccccc5c4)cs3)c3ccccc3n2)cc1C. The number of pyridine rings is 1. The highest BCUT2D eigenvalue weighted by molar-refractivity contribution is 7.14. The van der Waals surface area contributed by atoms with Gasteiger partial charge in [-0.15, -0.1) is 11.3 Å². The molecule has 0 bridgehead atoms. The van der Waals surface area contributed by atoms with Crippen molar-refractivity contribution in [3.05, 3.63) is 113 Å². The van der Waals surface area contributed by atoms with Crippen molar-refractivity contribution in [3.8, 4) is 22.5 Å². The molecule has 0 fully saturated rings. The number of hydrogen-bond donors (Lipinski definition) is 1. The van der Waals surface area contributed by atoms with Gasteiger partial charge in [0, 0.05) is 21.9 Å². The fraction of sp³-hybridized carbons (Fsp3) is 0.0645. The number of fused-ring (bicyclic) bond motifs is 2. The van der Waals surface area contributed by atoms with E-state index in [1.807, 2.05) is 47.8 Å². The van der Waals surface area contributed by atoms with Gasteiger partial charge >= 0.3 is 0 Å². The lowest BCUT2D eigenvalue weighted by atomic mass is 10.0. The smallest absolute Gasteiger partial charge is 0.258 e. The number of carbonyl (C=O) groups excluding carboxylic acids is 1. The summed E-state index contributed by atoms with van der Waals surface area (Å²) in [5, 5.41) is 8.73. The van der Waals surface area contributed by atoms with Crippen LogP contribution in [0.25, 0.3) is 44.2 Å². The summed E-state index contributed by atoms with van der Waals surface area (Å²) in [5.74, 6) is -0.196. The summed E-state index contributed by atoms with van der Waals surface area (Å²) < 4.78 is 0. The first-order chi connectivity index (χ1) is 17.5. The van der Waals surface area contributed by atoms with Crippen LogP contribution in [0.5, 0.6) is 0 Å². The van der Waals surface area contributed by atoms with E-state index in [1.165, 1.54) is 27.8 Å². The molecule has 1 N–H and O–H groups in total. The van der Waals surface area contributed by atoms with Crippen molar-refractivity contribution in [2.75, 3.05) is 5.32 Å². The maximum Gasteiger partial charge on any atom is 0.258 e. The van der Waals surface area contributed by atoms with Crippen LogP contribution in [0, 0.1) is 13.8 Å². The third-order valence-corrected chi connectivity index (χ3v) is 7.29. The van der Waals surface area contributed by atoms with Gasteiger partial charge in [0.1, 0.15) is 0 Å². The molecule has 174 valence electrons. The highest BCUT2D eigenvalue weighted by Gasteiger charge is 2.16. The average Bonchev–Trinajstić information content (AvgIpc) is 3.37. The van der Waals surface area contributed by atoms with Crippen LogP contribution in [-0.4, -0.2) is 15.9 Å². The second kappa shape index (κ2) is 9.02. The lowest BCUT2D eigenvalue weighted by Crippen LogP contribution is -2.13. The number of rotatable bonds is 4. The van der Waals surface area contributed by atoms with Crippen LogP contribution in [0.15, 0.2) is 96.4 Å². The Morgan fingerprint density at radius 1 is 0.722 bits per heavy atom. The minimum atomic E-state index is -0.196. The molecule has 1 amide bonds. The van der Waals surface area contributed by atoms with E-state index in [9.17, 15) is 4.79 Å². The predicted molar refractivity (Wildman–Crippen MR) is 150 cm³/mol. The quantitative estimate of drug-likeness (QED) is 0.275. The number of nitrogens with zero attached hydrogens (tertiary/aromatic N) is 2. The van der Waals surface area contributed by atoms with E-state index in [0.29, 0.717) is 10.7 Å². The summed E-state index contributed by atoms with van der Waals surface area (Å²) in [6, 6.07) is 30.4. The van der Waals surface area contributed by atoms with Gasteiger partial charge < -0.3 is 0 Å². The molecule has 2 aromatic heterocycles. The summed E-state index contributed by atoms with van der Waals surface area (Å²) in [4.78, 5) is 23.0. The zero-order chi connectivity index (χ0) is 24.6. The van der Waals surface area contributed by atoms with Gasteiger partial charge in [-0.1, -0.05) is 66.7 Å². The van der Waals surface area contributed by atoms with Crippen LogP contribution in [0.3, 0.4) is 0 Å². The maximum absolute atomic E-state index is 13.5. The topological polar surface area (TPSA) is 54.9 Å². The van der Waals surface area contributed by atoms with Gasteiger partial charge in [-0.05, 0) is 60.0 Å². The summed E-state index contributed by atoms with van der Waals surface area (Å²) in [7, 11) is 0. The Morgan fingerprint density at radius 3 is 2.33 bits per heavy atom. The lowest BCUT2D eigenvalue weighted by Gasteiger charge is -2.11. The molecule has 5 heteroatoms. The van der Waals surface area contributed by atoms with E-state index < -0.39 is 0 Å². The number of anilines is 1. The lowest BCUT2D eigenvalue weighted by molar-refractivity contribution is 0.102. The van der Waals surface area contributed by atoms with Crippen LogP contribution >= 0.6 is 11.3 Å². The van der Waals surface area contributed by atoms with Crippen LogP contribution in [0.1, 0.15) is 21.5 Å². The molecule has 0 saturated carbocycles. The zero-order valence-electron chi connectivity index (χ0n) is 19.9. The van der Waals surface area contributed by atoms with Crippen molar-refractivity contribution < 1.29 is 4.79 Å². The minimum Gasteiger partial charge on any atom is -0.298 e. The van der Waals surface area contributed by atoms with E-state index in [4.69, 9.17) is 9.97 Å². The zero-order valence-corrected chi connectivity index (χ0v) is 20.8. The number of hydrogen-bond acceptors (Lipinski definition) is 4. The third-order valence-electron chi connectivity index (χ3n) is 6.53. The fourth-order valence-corrected chi connectivity index (χ4v) is 5.10. The Balaban J connectivity index is 1.34. The highest BCUT2D eigenvalue weighted by atomic mass is 32.1. The Kier molecular flexibility index (Phi) is 5.55. The van der Waals surface area contributed by atoms with Gasteiger partial charge in [-0.25, -0.2) is 9.97 Å². The Hall–Kier alpha value is -4.35. The summed E-state index contributed by atoms with van der Waals surface area (Å²) in [6.45, 7) is 4.18. The Morgan fingerprint density at radius 2 is 1.47 bits per heavy atom. The first-order valence-electron chi connectivity index (χ1n) is 11.8. The Bertz CT molecular complexity index is 1770.